The van der Waals surface area contributed by atoms with Crippen LogP contribution < -0.4 is 0 Å². The molecule has 0 bridgehead atoms. The van der Waals surface area contributed by atoms with Crippen molar-refractivity contribution in [3.63, 3.8) is 0 Å². The molecule has 0 spiro atoms. The van der Waals surface area contributed by atoms with E-state index in [0.717, 1.165) is 177 Å². The van der Waals surface area contributed by atoms with Crippen molar-refractivity contribution in [3.05, 3.63) is 387 Å². The monoisotopic (exact) mass is 1480 g/mol. The van der Waals surface area contributed by atoms with Gasteiger partial charge >= 0.3 is 0 Å². The quantitative estimate of drug-likeness (QED) is 0.111. The smallest absolute Gasteiger partial charge is 0.166 e. The first-order valence-corrected chi connectivity index (χ1v) is 38.6. The molecule has 0 amide bonds. The van der Waals surface area contributed by atoms with Crippen LogP contribution in [-0.2, 0) is 0 Å². The molecule has 0 N–H and O–H groups in total. The van der Waals surface area contributed by atoms with Gasteiger partial charge in [-0.3, -0.25) is 0 Å². The summed E-state index contributed by atoms with van der Waals surface area (Å²) in [4.78, 5) is 31.8. The highest BCUT2D eigenvalue weighted by Crippen LogP contribution is 2.47. The predicted molar refractivity (Wildman–Crippen MR) is 469 cm³/mol. The van der Waals surface area contributed by atoms with Crippen LogP contribution in [0.25, 0.3) is 212 Å². The minimum Gasteiger partial charge on any atom is -0.309 e. The number of para-hydroxylation sites is 6. The molecule has 0 radical (unpaired) electrons. The van der Waals surface area contributed by atoms with Crippen LogP contribution in [0.15, 0.2) is 376 Å². The van der Waals surface area contributed by atoms with E-state index in [2.05, 4.69) is 261 Å². The Morgan fingerprint density at radius 1 is 0.172 bits per heavy atom. The van der Waals surface area contributed by atoms with Gasteiger partial charge in [0.15, 0.2) is 34.9 Å². The molecule has 0 atom stereocenters. The van der Waals surface area contributed by atoms with Crippen LogP contribution in [-0.4, -0.2) is 48.2 Å². The molecule has 116 heavy (non-hydrogen) atoms. The van der Waals surface area contributed by atoms with Gasteiger partial charge in [0.25, 0.3) is 0 Å². The van der Waals surface area contributed by atoms with Crippen LogP contribution in [0.1, 0.15) is 11.1 Å². The molecule has 22 rings (SSSR count). The van der Waals surface area contributed by atoms with E-state index in [1.54, 1.807) is 0 Å². The Labute approximate surface area is 665 Å². The van der Waals surface area contributed by atoms with Gasteiger partial charge in [0.05, 0.1) is 90.1 Å². The summed E-state index contributed by atoms with van der Waals surface area (Å²) in [5.41, 5.74) is 23.2. The van der Waals surface area contributed by atoms with Crippen LogP contribution >= 0.6 is 0 Å². The van der Waals surface area contributed by atoms with Crippen molar-refractivity contribution in [2.24, 2.45) is 0 Å². The number of hydrogen-bond donors (Lipinski definition) is 0. The van der Waals surface area contributed by atoms with Gasteiger partial charge in [-0.25, -0.2) is 29.9 Å². The molecule has 12 nitrogen and oxygen atoms in total. The molecule has 6 aromatic heterocycles. The average Bonchev–Trinajstić information content (AvgIpc) is 1.56. The predicted octanol–water partition coefficient (Wildman–Crippen LogP) is 25.2. The number of benzene rings is 16. The van der Waals surface area contributed by atoms with Gasteiger partial charge in [0.1, 0.15) is 0 Å². The van der Waals surface area contributed by atoms with Gasteiger partial charge in [-0.05, 0) is 144 Å². The van der Waals surface area contributed by atoms with Crippen molar-refractivity contribution in [2.45, 2.75) is 0 Å². The number of nitriles is 2. The second-order valence-electron chi connectivity index (χ2n) is 29.1. The Balaban J connectivity index is 0.706. The summed E-state index contributed by atoms with van der Waals surface area (Å²) < 4.78 is 9.30. The summed E-state index contributed by atoms with van der Waals surface area (Å²) in [6.07, 6.45) is 0. The molecule has 12 heteroatoms. The van der Waals surface area contributed by atoms with Crippen molar-refractivity contribution < 1.29 is 0 Å². The third kappa shape index (κ3) is 11.0. The van der Waals surface area contributed by atoms with Crippen molar-refractivity contribution in [3.8, 4) is 137 Å². The third-order valence-corrected chi connectivity index (χ3v) is 22.6. The van der Waals surface area contributed by atoms with Gasteiger partial charge in [-0.1, -0.05) is 255 Å². The maximum atomic E-state index is 11.0. The fourth-order valence-electron chi connectivity index (χ4n) is 17.3. The first-order chi connectivity index (χ1) is 57.4. The third-order valence-electron chi connectivity index (χ3n) is 22.6. The van der Waals surface area contributed by atoms with Crippen molar-refractivity contribution in [2.75, 3.05) is 0 Å². The lowest BCUT2D eigenvalue weighted by Gasteiger charge is -2.19. The molecular formula is C104H62N12. The zero-order valence-electron chi connectivity index (χ0n) is 62.2. The molecule has 6 heterocycles. The minimum absolute atomic E-state index is 0.477. The Hall–Kier alpha value is -16.3. The van der Waals surface area contributed by atoms with Crippen LogP contribution in [0, 0.1) is 22.7 Å². The molecule has 22 aromatic rings. The standard InChI is InChI=1S/C104H62N12/c105-63-65-45-51-93(115-91-43-23-17-37-79(91)83-59-71(47-53-95(83)115)73-49-55-97(113-87-39-19-13-33-75(87)76-34-14-20-40-88(76)113)85(61-73)103-109-99(67-25-5-1-6-26-67)107-100(110-103)68-27-7-2-8-28-68)81(57-65)82-58-66(64-106)46-52-94(82)116-92-44-24-18-38-80(92)84-60-72(48-54-96(84)116)74-50-56-98(114-89-41-21-15-35-77(89)78-36-16-22-42-90(78)114)86(62-74)104-111-101(69-29-9-3-10-30-69)108-102(112-104)70-31-11-4-12-32-70/h1-62H. The molecule has 0 aliphatic carbocycles. The highest BCUT2D eigenvalue weighted by Gasteiger charge is 2.27. The van der Waals surface area contributed by atoms with E-state index in [1.807, 2.05) is 146 Å². The summed E-state index contributed by atoms with van der Waals surface area (Å²) in [5.74, 6) is 3.35. The van der Waals surface area contributed by atoms with Gasteiger partial charge in [-0.2, -0.15) is 10.5 Å². The summed E-state index contributed by atoms with van der Waals surface area (Å²) in [6.45, 7) is 0. The van der Waals surface area contributed by atoms with E-state index >= 15 is 0 Å². The Kier molecular flexibility index (Phi) is 15.7. The first-order valence-electron chi connectivity index (χ1n) is 38.6. The van der Waals surface area contributed by atoms with Crippen LogP contribution in [0.3, 0.4) is 0 Å². The maximum Gasteiger partial charge on any atom is 0.166 e. The van der Waals surface area contributed by atoms with Gasteiger partial charge < -0.3 is 18.3 Å². The number of fused-ring (bicyclic) bond motifs is 12. The van der Waals surface area contributed by atoms with Gasteiger partial charge in [-0.15, -0.1) is 0 Å². The molecular weight excluding hydrogens is 1420 g/mol. The number of nitrogens with zero attached hydrogens (tertiary/aromatic N) is 12. The van der Waals surface area contributed by atoms with Crippen LogP contribution in [0.4, 0.5) is 0 Å². The Bertz CT molecular complexity index is 7170. The second kappa shape index (κ2) is 27.3. The molecule has 0 saturated heterocycles. The zero-order valence-corrected chi connectivity index (χ0v) is 62.2. The summed E-state index contributed by atoms with van der Waals surface area (Å²) in [7, 11) is 0. The van der Waals surface area contributed by atoms with E-state index in [9.17, 15) is 10.5 Å². The largest absolute Gasteiger partial charge is 0.309 e. The SMILES string of the molecule is N#Cc1ccc(-n2c3ccccc3c3cc(-c4ccc(-n5c6ccccc6c6ccccc65)c(-c5nc(-c6ccccc6)nc(-c6ccccc6)n5)c4)ccc32)c(-c2cc(C#N)ccc2-n2c3ccccc3c3cc(-c4ccc(-n5c6ccccc6c6ccccc65)c(-c5nc(-c6ccccc6)nc(-c6ccccc6)n5)c4)ccc32)c1. The average molecular weight is 1480 g/mol. The van der Waals surface area contributed by atoms with E-state index in [4.69, 9.17) is 29.9 Å². The molecule has 0 aliphatic heterocycles. The van der Waals surface area contributed by atoms with E-state index < -0.39 is 0 Å². The Morgan fingerprint density at radius 3 is 0.690 bits per heavy atom. The fraction of sp³-hybridized carbons (Fsp3) is 0. The first kappa shape index (κ1) is 66.7. The maximum absolute atomic E-state index is 11.0. The molecule has 0 fully saturated rings. The topological polar surface area (TPSA) is 145 Å². The van der Waals surface area contributed by atoms with E-state index in [-0.39, 0.29) is 0 Å². The van der Waals surface area contributed by atoms with Crippen molar-refractivity contribution in [1.29, 1.82) is 10.5 Å². The van der Waals surface area contributed by atoms with E-state index in [0.29, 0.717) is 46.1 Å². The molecule has 16 aromatic carbocycles. The normalized spacial score (nSPS) is 11.6. The van der Waals surface area contributed by atoms with Crippen molar-refractivity contribution >= 4 is 87.2 Å². The highest BCUT2D eigenvalue weighted by atomic mass is 15.1. The Morgan fingerprint density at radius 2 is 0.397 bits per heavy atom. The fourth-order valence-corrected chi connectivity index (χ4v) is 17.3. The number of rotatable bonds is 13. The van der Waals surface area contributed by atoms with Crippen LogP contribution in [0.5, 0.6) is 0 Å². The lowest BCUT2D eigenvalue weighted by molar-refractivity contribution is 1.06. The summed E-state index contributed by atoms with van der Waals surface area (Å²) in [6, 6.07) is 135. The van der Waals surface area contributed by atoms with Gasteiger partial charge in [0, 0.05) is 87.6 Å². The van der Waals surface area contributed by atoms with Gasteiger partial charge in [0.2, 0.25) is 0 Å². The number of hydrogen-bond acceptors (Lipinski definition) is 8. The molecule has 0 aliphatic rings. The lowest BCUT2D eigenvalue weighted by Crippen LogP contribution is -2.04. The number of aromatic nitrogens is 10. The van der Waals surface area contributed by atoms with Crippen LogP contribution in [0.2, 0.25) is 0 Å². The van der Waals surface area contributed by atoms with Crippen molar-refractivity contribution in [1.82, 2.24) is 48.2 Å². The highest BCUT2D eigenvalue weighted by molar-refractivity contribution is 6.15. The minimum atomic E-state index is 0.477. The second-order valence-corrected chi connectivity index (χ2v) is 29.1. The molecule has 538 valence electrons. The van der Waals surface area contributed by atoms with E-state index in [1.165, 1.54) is 0 Å². The zero-order chi connectivity index (χ0) is 76.9. The lowest BCUT2D eigenvalue weighted by atomic mass is 9.96. The summed E-state index contributed by atoms with van der Waals surface area (Å²) in [5, 5.41) is 30.7. The summed E-state index contributed by atoms with van der Waals surface area (Å²) >= 11 is 0. The molecule has 0 saturated carbocycles. The molecule has 0 unspecified atom stereocenters.